The maximum absolute atomic E-state index is 12.2. The highest BCUT2D eigenvalue weighted by molar-refractivity contribution is 5.78. The van der Waals surface area contributed by atoms with E-state index < -0.39 is 0 Å². The van der Waals surface area contributed by atoms with Crippen LogP contribution in [-0.2, 0) is 14.3 Å². The van der Waals surface area contributed by atoms with Gasteiger partial charge in [-0.15, -0.1) is 0 Å². The number of carbonyl (C=O) groups is 1. The summed E-state index contributed by atoms with van der Waals surface area (Å²) in [7, 11) is 0. The Hall–Kier alpha value is -0.650. The SMILES string of the molecule is C[C@@H]1CCCC[C@H]1NC(=O)CN1CCC2(CC1)OCCO2. The van der Waals surface area contributed by atoms with Gasteiger partial charge >= 0.3 is 0 Å². The van der Waals surface area contributed by atoms with Crippen molar-refractivity contribution >= 4 is 5.91 Å². The Labute approximate surface area is 127 Å². The molecule has 1 spiro atoms. The molecule has 0 aromatic rings. The van der Waals surface area contributed by atoms with E-state index in [0.717, 1.165) is 32.4 Å². The van der Waals surface area contributed by atoms with Crippen LogP contribution in [0.4, 0.5) is 0 Å². The molecule has 2 atom stereocenters. The number of carbonyl (C=O) groups excluding carboxylic acids is 1. The molecule has 1 saturated carbocycles. The van der Waals surface area contributed by atoms with Gasteiger partial charge in [-0.05, 0) is 18.8 Å². The van der Waals surface area contributed by atoms with Gasteiger partial charge in [0.25, 0.3) is 0 Å². The third kappa shape index (κ3) is 3.76. The van der Waals surface area contributed by atoms with Crippen molar-refractivity contribution in [2.75, 3.05) is 32.8 Å². The molecular weight excluding hydrogens is 268 g/mol. The van der Waals surface area contributed by atoms with E-state index in [1.54, 1.807) is 0 Å². The Morgan fingerprint density at radius 2 is 1.86 bits per heavy atom. The molecule has 1 aliphatic carbocycles. The topological polar surface area (TPSA) is 50.8 Å². The first-order valence-corrected chi connectivity index (χ1v) is 8.46. The van der Waals surface area contributed by atoms with E-state index >= 15 is 0 Å². The van der Waals surface area contributed by atoms with E-state index in [1.165, 1.54) is 19.3 Å². The second-order valence-electron chi connectivity index (χ2n) is 6.82. The summed E-state index contributed by atoms with van der Waals surface area (Å²) >= 11 is 0. The molecule has 2 saturated heterocycles. The molecular formula is C16H28N2O3. The molecule has 3 aliphatic rings. The summed E-state index contributed by atoms with van der Waals surface area (Å²) in [4.78, 5) is 14.4. The van der Waals surface area contributed by atoms with Gasteiger partial charge in [-0.2, -0.15) is 0 Å². The lowest BCUT2D eigenvalue weighted by molar-refractivity contribution is -0.185. The zero-order valence-corrected chi connectivity index (χ0v) is 13.1. The van der Waals surface area contributed by atoms with Crippen molar-refractivity contribution in [1.82, 2.24) is 10.2 Å². The number of hydrogen-bond acceptors (Lipinski definition) is 4. The number of hydrogen-bond donors (Lipinski definition) is 1. The van der Waals surface area contributed by atoms with Crippen LogP contribution >= 0.6 is 0 Å². The first kappa shape index (κ1) is 15.3. The average Bonchev–Trinajstić information content (AvgIpc) is 2.93. The molecule has 1 N–H and O–H groups in total. The van der Waals surface area contributed by atoms with Crippen molar-refractivity contribution < 1.29 is 14.3 Å². The van der Waals surface area contributed by atoms with Gasteiger partial charge in [-0.3, -0.25) is 9.69 Å². The van der Waals surface area contributed by atoms with Crippen molar-refractivity contribution in [2.45, 2.75) is 57.3 Å². The van der Waals surface area contributed by atoms with Gasteiger partial charge in [0.2, 0.25) is 5.91 Å². The minimum Gasteiger partial charge on any atom is -0.352 e. The van der Waals surface area contributed by atoms with Gasteiger partial charge in [0.05, 0.1) is 19.8 Å². The number of nitrogens with zero attached hydrogens (tertiary/aromatic N) is 1. The van der Waals surface area contributed by atoms with E-state index in [0.29, 0.717) is 31.7 Å². The summed E-state index contributed by atoms with van der Waals surface area (Å²) in [6.45, 7) is 5.95. The molecule has 120 valence electrons. The molecule has 0 radical (unpaired) electrons. The Bertz CT molecular complexity index is 359. The van der Waals surface area contributed by atoms with E-state index in [-0.39, 0.29) is 11.7 Å². The Kier molecular flexibility index (Phi) is 4.82. The second-order valence-corrected chi connectivity index (χ2v) is 6.82. The number of likely N-dealkylation sites (tertiary alicyclic amines) is 1. The third-order valence-corrected chi connectivity index (χ3v) is 5.26. The van der Waals surface area contributed by atoms with Crippen molar-refractivity contribution in [3.63, 3.8) is 0 Å². The summed E-state index contributed by atoms with van der Waals surface area (Å²) in [5, 5.41) is 3.23. The van der Waals surface area contributed by atoms with E-state index in [9.17, 15) is 4.79 Å². The maximum Gasteiger partial charge on any atom is 0.234 e. The van der Waals surface area contributed by atoms with Crippen LogP contribution in [0.5, 0.6) is 0 Å². The highest BCUT2D eigenvalue weighted by atomic mass is 16.7. The molecule has 1 amide bonds. The quantitative estimate of drug-likeness (QED) is 0.858. The molecule has 3 rings (SSSR count). The van der Waals surface area contributed by atoms with Crippen LogP contribution in [0, 0.1) is 5.92 Å². The summed E-state index contributed by atoms with van der Waals surface area (Å²) in [5.41, 5.74) is 0. The molecule has 5 nitrogen and oxygen atoms in total. The zero-order chi connectivity index (χ0) is 14.7. The monoisotopic (exact) mass is 296 g/mol. The molecule has 21 heavy (non-hydrogen) atoms. The summed E-state index contributed by atoms with van der Waals surface area (Å²) < 4.78 is 11.4. The first-order chi connectivity index (χ1) is 10.2. The summed E-state index contributed by atoms with van der Waals surface area (Å²) in [6, 6.07) is 0.379. The predicted molar refractivity (Wildman–Crippen MR) is 79.9 cm³/mol. The minimum atomic E-state index is -0.342. The Morgan fingerprint density at radius 3 is 2.52 bits per heavy atom. The van der Waals surface area contributed by atoms with Crippen molar-refractivity contribution in [1.29, 1.82) is 0 Å². The molecule has 0 aromatic carbocycles. The summed E-state index contributed by atoms with van der Waals surface area (Å²) in [5.74, 6) is 0.454. The first-order valence-electron chi connectivity index (χ1n) is 8.46. The molecule has 0 aromatic heterocycles. The van der Waals surface area contributed by atoms with Gasteiger partial charge in [0, 0.05) is 32.0 Å². The second kappa shape index (κ2) is 6.63. The number of amides is 1. The largest absolute Gasteiger partial charge is 0.352 e. The third-order valence-electron chi connectivity index (χ3n) is 5.26. The maximum atomic E-state index is 12.2. The van der Waals surface area contributed by atoms with Crippen LogP contribution in [0.1, 0.15) is 45.4 Å². The van der Waals surface area contributed by atoms with Crippen LogP contribution in [0.15, 0.2) is 0 Å². The average molecular weight is 296 g/mol. The minimum absolute atomic E-state index is 0.179. The molecule has 3 fully saturated rings. The lowest BCUT2D eigenvalue weighted by atomic mass is 9.86. The van der Waals surface area contributed by atoms with Crippen LogP contribution in [0.2, 0.25) is 0 Å². The lowest BCUT2D eigenvalue weighted by Gasteiger charge is -2.37. The normalized spacial score (nSPS) is 33.2. The van der Waals surface area contributed by atoms with Gasteiger partial charge in [-0.1, -0.05) is 19.8 Å². The van der Waals surface area contributed by atoms with Gasteiger partial charge in [0.15, 0.2) is 5.79 Å². The summed E-state index contributed by atoms with van der Waals surface area (Å²) in [6.07, 6.45) is 6.68. The number of ether oxygens (including phenoxy) is 2. The van der Waals surface area contributed by atoms with E-state index in [4.69, 9.17) is 9.47 Å². The Balaban J connectivity index is 1.41. The van der Waals surface area contributed by atoms with E-state index in [1.807, 2.05) is 0 Å². The fourth-order valence-electron chi connectivity index (χ4n) is 3.82. The Morgan fingerprint density at radius 1 is 1.19 bits per heavy atom. The van der Waals surface area contributed by atoms with Crippen LogP contribution < -0.4 is 5.32 Å². The molecule has 2 aliphatic heterocycles. The zero-order valence-electron chi connectivity index (χ0n) is 13.1. The number of nitrogens with one attached hydrogen (secondary N) is 1. The number of piperidine rings is 1. The fraction of sp³-hybridized carbons (Fsp3) is 0.938. The standard InChI is InChI=1S/C16H28N2O3/c1-13-4-2-3-5-14(13)17-15(19)12-18-8-6-16(7-9-18)20-10-11-21-16/h13-14H,2-12H2,1H3,(H,17,19)/t13-,14-/m1/s1. The highest BCUT2D eigenvalue weighted by Gasteiger charge is 2.40. The predicted octanol–water partition coefficient (Wildman–Crippen LogP) is 1.52. The van der Waals surface area contributed by atoms with Gasteiger partial charge in [0.1, 0.15) is 0 Å². The number of rotatable bonds is 3. The molecule has 5 heteroatoms. The lowest BCUT2D eigenvalue weighted by Crippen LogP contribution is -2.50. The van der Waals surface area contributed by atoms with E-state index in [2.05, 4.69) is 17.1 Å². The molecule has 2 heterocycles. The van der Waals surface area contributed by atoms with Gasteiger partial charge < -0.3 is 14.8 Å². The van der Waals surface area contributed by atoms with Crippen molar-refractivity contribution in [2.24, 2.45) is 5.92 Å². The van der Waals surface area contributed by atoms with Crippen molar-refractivity contribution in [3.8, 4) is 0 Å². The van der Waals surface area contributed by atoms with Crippen molar-refractivity contribution in [3.05, 3.63) is 0 Å². The van der Waals surface area contributed by atoms with Gasteiger partial charge in [-0.25, -0.2) is 0 Å². The molecule has 0 bridgehead atoms. The highest BCUT2D eigenvalue weighted by Crippen LogP contribution is 2.31. The molecule has 0 unspecified atom stereocenters. The fourth-order valence-corrected chi connectivity index (χ4v) is 3.82. The van der Waals surface area contributed by atoms with Crippen LogP contribution in [-0.4, -0.2) is 55.5 Å². The smallest absolute Gasteiger partial charge is 0.234 e. The van der Waals surface area contributed by atoms with Crippen LogP contribution in [0.3, 0.4) is 0 Å². The van der Waals surface area contributed by atoms with Crippen LogP contribution in [0.25, 0.3) is 0 Å².